The summed E-state index contributed by atoms with van der Waals surface area (Å²) >= 11 is 1.18. The third kappa shape index (κ3) is 1.97. The Morgan fingerprint density at radius 3 is 2.67 bits per heavy atom. The minimum Gasteiger partial charge on any atom is -0.380 e. The van der Waals surface area contributed by atoms with E-state index in [1.165, 1.54) is 11.8 Å². The normalized spacial score (nSPS) is 10.6. The lowest BCUT2D eigenvalue weighted by Crippen LogP contribution is -2.02. The highest BCUT2D eigenvalue weighted by Crippen LogP contribution is 2.17. The Morgan fingerprint density at radius 2 is 2.25 bits per heavy atom. The average molecular weight is 186 g/mol. The van der Waals surface area contributed by atoms with Gasteiger partial charge in [0.25, 0.3) is 0 Å². The minimum atomic E-state index is -0.142. The van der Waals surface area contributed by atoms with Gasteiger partial charge in [0.15, 0.2) is 11.5 Å². The molecule has 1 aromatic rings. The van der Waals surface area contributed by atoms with Gasteiger partial charge in [-0.25, -0.2) is 0 Å². The molecule has 6 heteroatoms. The monoisotopic (exact) mass is 186 g/mol. The Bertz CT molecular complexity index is 283. The molecule has 0 saturated carbocycles. The van der Waals surface area contributed by atoms with Gasteiger partial charge < -0.3 is 5.73 Å². The zero-order valence-electron chi connectivity index (χ0n) is 6.87. The summed E-state index contributed by atoms with van der Waals surface area (Å²) in [4.78, 5) is 11.3. The number of anilines is 1. The molecule has 0 aliphatic carbocycles. The molecule has 0 aliphatic heterocycles. The summed E-state index contributed by atoms with van der Waals surface area (Å²) in [6.45, 7) is 3.86. The molecule has 66 valence electrons. The predicted octanol–water partition coefficient (Wildman–Crippen LogP) is 0.669. The van der Waals surface area contributed by atoms with Crippen LogP contribution >= 0.6 is 11.8 Å². The maximum atomic E-state index is 11.3. The van der Waals surface area contributed by atoms with Crippen LogP contribution < -0.4 is 5.73 Å². The average Bonchev–Trinajstić information content (AvgIpc) is 2.33. The molecule has 0 fully saturated rings. The van der Waals surface area contributed by atoms with Crippen LogP contribution in [0.4, 0.5) is 5.82 Å². The number of carbonyl (C=O) groups excluding carboxylic acids is 1. The van der Waals surface area contributed by atoms with E-state index in [1.807, 2.05) is 13.8 Å². The van der Waals surface area contributed by atoms with E-state index in [1.54, 1.807) is 0 Å². The molecule has 0 aliphatic rings. The molecule has 12 heavy (non-hydrogen) atoms. The van der Waals surface area contributed by atoms with Gasteiger partial charge in [-0.05, 0) is 0 Å². The van der Waals surface area contributed by atoms with Gasteiger partial charge in [-0.3, -0.25) is 4.79 Å². The SMILES string of the molecule is CC(C)SC(=O)c1n[nH]nc1N. The van der Waals surface area contributed by atoms with Gasteiger partial charge in [-0.2, -0.15) is 5.21 Å². The summed E-state index contributed by atoms with van der Waals surface area (Å²) in [5.41, 5.74) is 5.59. The number of nitrogens with two attached hydrogens (primary N) is 1. The molecule has 5 nitrogen and oxygen atoms in total. The van der Waals surface area contributed by atoms with Crippen molar-refractivity contribution in [2.75, 3.05) is 5.73 Å². The van der Waals surface area contributed by atoms with Crippen LogP contribution in [-0.2, 0) is 0 Å². The Balaban J connectivity index is 2.72. The van der Waals surface area contributed by atoms with Crippen molar-refractivity contribution >= 4 is 22.7 Å². The van der Waals surface area contributed by atoms with Crippen molar-refractivity contribution < 1.29 is 4.79 Å². The van der Waals surface area contributed by atoms with Crippen molar-refractivity contribution in [1.82, 2.24) is 15.4 Å². The number of aromatic amines is 1. The van der Waals surface area contributed by atoms with Gasteiger partial charge in [0.05, 0.1) is 0 Å². The third-order valence-corrected chi connectivity index (χ3v) is 1.99. The minimum absolute atomic E-state index is 0.142. The van der Waals surface area contributed by atoms with E-state index < -0.39 is 0 Å². The Hall–Kier alpha value is -1.04. The number of nitrogen functional groups attached to an aromatic ring is 1. The Kier molecular flexibility index (Phi) is 2.69. The molecule has 1 heterocycles. The van der Waals surface area contributed by atoms with E-state index in [0.717, 1.165) is 0 Å². The molecule has 0 unspecified atom stereocenters. The third-order valence-electron chi connectivity index (χ3n) is 1.11. The molecule has 1 aromatic heterocycles. The van der Waals surface area contributed by atoms with Gasteiger partial charge in [0, 0.05) is 5.25 Å². The second-order valence-corrected chi connectivity index (χ2v) is 4.06. The number of aromatic nitrogens is 3. The smallest absolute Gasteiger partial charge is 0.243 e. The fraction of sp³-hybridized carbons (Fsp3) is 0.500. The number of rotatable bonds is 2. The van der Waals surface area contributed by atoms with Crippen LogP contribution in [0.1, 0.15) is 24.3 Å². The van der Waals surface area contributed by atoms with E-state index in [4.69, 9.17) is 5.73 Å². The maximum Gasteiger partial charge on any atom is 0.243 e. The molecular formula is C6H10N4OS. The number of thioether (sulfide) groups is 1. The number of hydrogen-bond donors (Lipinski definition) is 2. The van der Waals surface area contributed by atoms with Crippen LogP contribution in [0.25, 0.3) is 0 Å². The van der Waals surface area contributed by atoms with Crippen LogP contribution in [0.3, 0.4) is 0 Å². The Labute approximate surface area is 74.1 Å². The maximum absolute atomic E-state index is 11.3. The lowest BCUT2D eigenvalue weighted by Gasteiger charge is -1.99. The van der Waals surface area contributed by atoms with Crippen molar-refractivity contribution in [3.63, 3.8) is 0 Å². The van der Waals surface area contributed by atoms with Gasteiger partial charge in [0.1, 0.15) is 0 Å². The first-order chi connectivity index (χ1) is 5.61. The molecule has 3 N–H and O–H groups in total. The van der Waals surface area contributed by atoms with Crippen molar-refractivity contribution in [3.8, 4) is 0 Å². The van der Waals surface area contributed by atoms with E-state index >= 15 is 0 Å². The summed E-state index contributed by atoms with van der Waals surface area (Å²) in [6, 6.07) is 0. The van der Waals surface area contributed by atoms with E-state index in [-0.39, 0.29) is 21.9 Å². The molecular weight excluding hydrogens is 176 g/mol. The highest BCUT2D eigenvalue weighted by molar-refractivity contribution is 8.14. The van der Waals surface area contributed by atoms with Crippen LogP contribution in [0.15, 0.2) is 0 Å². The van der Waals surface area contributed by atoms with Crippen molar-refractivity contribution in [2.45, 2.75) is 19.1 Å². The molecule has 0 aromatic carbocycles. The van der Waals surface area contributed by atoms with Crippen LogP contribution in [0.2, 0.25) is 0 Å². The first-order valence-electron chi connectivity index (χ1n) is 3.48. The first-order valence-corrected chi connectivity index (χ1v) is 4.36. The fourth-order valence-corrected chi connectivity index (χ4v) is 1.35. The molecule has 0 atom stereocenters. The molecule has 0 radical (unpaired) electrons. The summed E-state index contributed by atoms with van der Waals surface area (Å²) in [5, 5.41) is 9.57. The van der Waals surface area contributed by atoms with E-state index in [2.05, 4.69) is 15.4 Å². The summed E-state index contributed by atoms with van der Waals surface area (Å²) < 4.78 is 0. The standard InChI is InChI=1S/C6H10N4OS/c1-3(2)12-6(11)4-5(7)9-10-8-4/h3H,1-2H3,(H3,7,8,9,10). The van der Waals surface area contributed by atoms with Gasteiger partial charge >= 0.3 is 0 Å². The van der Waals surface area contributed by atoms with Crippen LogP contribution in [0, 0.1) is 0 Å². The number of H-pyrrole nitrogens is 1. The van der Waals surface area contributed by atoms with E-state index in [0.29, 0.717) is 0 Å². The van der Waals surface area contributed by atoms with Crippen molar-refractivity contribution in [3.05, 3.63) is 5.69 Å². The number of nitrogens with one attached hydrogen (secondary N) is 1. The van der Waals surface area contributed by atoms with Gasteiger partial charge in [-0.15, -0.1) is 10.2 Å². The molecule has 0 bridgehead atoms. The highest BCUT2D eigenvalue weighted by atomic mass is 32.2. The molecule has 0 amide bonds. The van der Waals surface area contributed by atoms with E-state index in [9.17, 15) is 4.79 Å². The highest BCUT2D eigenvalue weighted by Gasteiger charge is 2.15. The zero-order chi connectivity index (χ0) is 9.14. The van der Waals surface area contributed by atoms with Gasteiger partial charge in [-0.1, -0.05) is 25.6 Å². The Morgan fingerprint density at radius 1 is 1.58 bits per heavy atom. The van der Waals surface area contributed by atoms with Crippen LogP contribution in [0.5, 0.6) is 0 Å². The summed E-state index contributed by atoms with van der Waals surface area (Å²) in [7, 11) is 0. The lowest BCUT2D eigenvalue weighted by atomic mass is 10.5. The topological polar surface area (TPSA) is 84.7 Å². The second kappa shape index (κ2) is 3.57. The summed E-state index contributed by atoms with van der Waals surface area (Å²) in [5.74, 6) is 0.160. The van der Waals surface area contributed by atoms with Crippen LogP contribution in [-0.4, -0.2) is 25.8 Å². The fourth-order valence-electron chi connectivity index (χ4n) is 0.659. The number of hydrogen-bond acceptors (Lipinski definition) is 5. The molecule has 0 spiro atoms. The molecule has 1 rings (SSSR count). The number of carbonyl (C=O) groups is 1. The largest absolute Gasteiger partial charge is 0.380 e. The summed E-state index contributed by atoms with van der Waals surface area (Å²) in [6.07, 6.45) is 0. The lowest BCUT2D eigenvalue weighted by molar-refractivity contribution is 0.108. The van der Waals surface area contributed by atoms with Gasteiger partial charge in [0.2, 0.25) is 5.12 Å². The second-order valence-electron chi connectivity index (χ2n) is 2.51. The zero-order valence-corrected chi connectivity index (χ0v) is 7.68. The number of nitrogens with zero attached hydrogens (tertiary/aromatic N) is 2. The first kappa shape index (κ1) is 9.05. The predicted molar refractivity (Wildman–Crippen MR) is 47.9 cm³/mol. The quantitative estimate of drug-likeness (QED) is 0.709. The molecule has 0 saturated heterocycles. The van der Waals surface area contributed by atoms with Crippen molar-refractivity contribution in [2.24, 2.45) is 0 Å². The van der Waals surface area contributed by atoms with Crippen molar-refractivity contribution in [1.29, 1.82) is 0 Å².